The van der Waals surface area contributed by atoms with Crippen LogP contribution in [0, 0.1) is 5.82 Å². The number of halogens is 1. The van der Waals surface area contributed by atoms with Gasteiger partial charge >= 0.3 is 0 Å². The highest BCUT2D eigenvalue weighted by molar-refractivity contribution is 6.09. The van der Waals surface area contributed by atoms with Gasteiger partial charge in [-0.05, 0) is 30.3 Å². The lowest BCUT2D eigenvalue weighted by Gasteiger charge is -2.09. The van der Waals surface area contributed by atoms with Crippen LogP contribution in [-0.4, -0.2) is 24.7 Å². The molecule has 6 rings (SSSR count). The van der Waals surface area contributed by atoms with Crippen LogP contribution >= 0.6 is 0 Å². The topological polar surface area (TPSA) is 69.6 Å². The number of para-hydroxylation sites is 2. The van der Waals surface area contributed by atoms with Crippen LogP contribution in [0.25, 0.3) is 50.3 Å². The van der Waals surface area contributed by atoms with Crippen LogP contribution in [0.2, 0.25) is 0 Å². The molecule has 0 atom stereocenters. The van der Waals surface area contributed by atoms with Crippen LogP contribution in [-0.2, 0) is 0 Å². The van der Waals surface area contributed by atoms with E-state index in [0.29, 0.717) is 39.2 Å². The van der Waals surface area contributed by atoms with Gasteiger partial charge in [0.15, 0.2) is 5.82 Å². The molecule has 3 aromatic carbocycles. The molecule has 6 aromatic rings. The zero-order chi connectivity index (χ0) is 19.4. The lowest BCUT2D eigenvalue weighted by atomic mass is 10.1. The predicted octanol–water partition coefficient (Wildman–Crippen LogP) is 4.92. The van der Waals surface area contributed by atoms with Crippen molar-refractivity contribution in [2.24, 2.45) is 0 Å². The summed E-state index contributed by atoms with van der Waals surface area (Å²) in [7, 11) is 0. The molecule has 0 saturated heterocycles. The Morgan fingerprint density at radius 2 is 1.72 bits per heavy atom. The molecule has 3 aromatic heterocycles. The Bertz CT molecular complexity index is 1520. The molecule has 0 fully saturated rings. The van der Waals surface area contributed by atoms with Crippen molar-refractivity contribution in [3.63, 3.8) is 0 Å². The molecule has 0 aliphatic rings. The first-order chi connectivity index (χ1) is 14.3. The standard InChI is InChI=1S/C22H12FN5O/c23-16-11-10-15(19-18(16)14-8-4-5-9-17(14)29-19)21-26-20-22(27-25-12-24-20)28(21)13-6-2-1-3-7-13/h1-12H. The molecule has 3 heterocycles. The Kier molecular flexibility index (Phi) is 3.25. The van der Waals surface area contributed by atoms with Gasteiger partial charge in [-0.15, -0.1) is 10.2 Å². The average molecular weight is 381 g/mol. The van der Waals surface area contributed by atoms with E-state index >= 15 is 0 Å². The Morgan fingerprint density at radius 3 is 2.62 bits per heavy atom. The van der Waals surface area contributed by atoms with Gasteiger partial charge < -0.3 is 4.42 Å². The molecular weight excluding hydrogens is 369 g/mol. The lowest BCUT2D eigenvalue weighted by molar-refractivity contribution is 0.634. The molecule has 7 heteroatoms. The molecule has 0 aliphatic carbocycles. The number of hydrogen-bond donors (Lipinski definition) is 0. The van der Waals surface area contributed by atoms with Crippen molar-refractivity contribution >= 4 is 33.2 Å². The second-order valence-corrected chi connectivity index (χ2v) is 6.61. The molecule has 0 saturated carbocycles. The fraction of sp³-hybridized carbons (Fsp3) is 0. The highest BCUT2D eigenvalue weighted by Gasteiger charge is 2.22. The van der Waals surface area contributed by atoms with Gasteiger partial charge in [0.05, 0.1) is 10.9 Å². The maximum Gasteiger partial charge on any atom is 0.206 e. The quantitative estimate of drug-likeness (QED) is 0.426. The summed E-state index contributed by atoms with van der Waals surface area (Å²) in [5.41, 5.74) is 3.53. The average Bonchev–Trinajstić information content (AvgIpc) is 3.34. The van der Waals surface area contributed by atoms with Gasteiger partial charge in [-0.3, -0.25) is 4.57 Å². The fourth-order valence-electron chi connectivity index (χ4n) is 3.70. The van der Waals surface area contributed by atoms with Crippen molar-refractivity contribution in [1.82, 2.24) is 24.7 Å². The van der Waals surface area contributed by atoms with Crippen LogP contribution in [0.1, 0.15) is 0 Å². The summed E-state index contributed by atoms with van der Waals surface area (Å²) < 4.78 is 22.7. The number of fused-ring (bicyclic) bond motifs is 4. The van der Waals surface area contributed by atoms with Crippen LogP contribution in [0.4, 0.5) is 4.39 Å². The zero-order valence-corrected chi connectivity index (χ0v) is 15.0. The first kappa shape index (κ1) is 15.9. The Balaban J connectivity index is 1.76. The highest BCUT2D eigenvalue weighted by atomic mass is 19.1. The van der Waals surface area contributed by atoms with Gasteiger partial charge in [0.1, 0.15) is 23.3 Å². The molecule has 6 nitrogen and oxygen atoms in total. The third-order valence-electron chi connectivity index (χ3n) is 4.95. The van der Waals surface area contributed by atoms with Crippen molar-refractivity contribution in [2.75, 3.05) is 0 Å². The first-order valence-corrected chi connectivity index (χ1v) is 9.03. The van der Waals surface area contributed by atoms with Gasteiger partial charge in [-0.25, -0.2) is 14.4 Å². The van der Waals surface area contributed by atoms with Gasteiger partial charge in [0.25, 0.3) is 0 Å². The molecule has 0 unspecified atom stereocenters. The van der Waals surface area contributed by atoms with E-state index < -0.39 is 0 Å². The maximum atomic E-state index is 14.8. The lowest BCUT2D eigenvalue weighted by Crippen LogP contribution is -1.99. The number of nitrogens with zero attached hydrogens (tertiary/aromatic N) is 5. The SMILES string of the molecule is Fc1ccc(-c2nc3ncnnc3n2-c2ccccc2)c2oc3ccccc3c12. The Hall–Kier alpha value is -4.13. The summed E-state index contributed by atoms with van der Waals surface area (Å²) in [6, 6.07) is 20.2. The minimum Gasteiger partial charge on any atom is -0.455 e. The van der Waals surface area contributed by atoms with E-state index in [2.05, 4.69) is 20.2 Å². The summed E-state index contributed by atoms with van der Waals surface area (Å²) in [5.74, 6) is 0.220. The van der Waals surface area contributed by atoms with Crippen LogP contribution < -0.4 is 0 Å². The number of aromatic nitrogens is 5. The molecule has 0 bridgehead atoms. The first-order valence-electron chi connectivity index (χ1n) is 9.03. The van der Waals surface area contributed by atoms with Gasteiger partial charge in [0, 0.05) is 11.1 Å². The van der Waals surface area contributed by atoms with Crippen molar-refractivity contribution in [3.8, 4) is 17.1 Å². The highest BCUT2D eigenvalue weighted by Crippen LogP contribution is 2.38. The minimum atomic E-state index is -0.339. The minimum absolute atomic E-state index is 0.339. The van der Waals surface area contributed by atoms with Gasteiger partial charge in [0.2, 0.25) is 11.3 Å². The van der Waals surface area contributed by atoms with E-state index in [1.54, 1.807) is 6.07 Å². The van der Waals surface area contributed by atoms with Crippen LogP contribution in [0.5, 0.6) is 0 Å². The number of furan rings is 1. The van der Waals surface area contributed by atoms with Gasteiger partial charge in [-0.2, -0.15) is 0 Å². The fourth-order valence-corrected chi connectivity index (χ4v) is 3.70. The van der Waals surface area contributed by atoms with E-state index in [1.165, 1.54) is 12.4 Å². The summed E-state index contributed by atoms with van der Waals surface area (Å²) >= 11 is 0. The van der Waals surface area contributed by atoms with Crippen molar-refractivity contribution < 1.29 is 8.81 Å². The maximum absolute atomic E-state index is 14.8. The summed E-state index contributed by atoms with van der Waals surface area (Å²) in [4.78, 5) is 8.92. The van der Waals surface area contributed by atoms with E-state index in [-0.39, 0.29) is 5.82 Å². The number of rotatable bonds is 2. The predicted molar refractivity (Wildman–Crippen MR) is 107 cm³/mol. The van der Waals surface area contributed by atoms with Crippen LogP contribution in [0.3, 0.4) is 0 Å². The monoisotopic (exact) mass is 381 g/mol. The Labute approximate surface area is 163 Å². The van der Waals surface area contributed by atoms with E-state index in [1.807, 2.05) is 59.2 Å². The normalized spacial score (nSPS) is 11.6. The van der Waals surface area contributed by atoms with Gasteiger partial charge in [-0.1, -0.05) is 36.4 Å². The van der Waals surface area contributed by atoms with Crippen molar-refractivity contribution in [2.45, 2.75) is 0 Å². The van der Waals surface area contributed by atoms with Crippen molar-refractivity contribution in [3.05, 3.63) is 78.9 Å². The third-order valence-corrected chi connectivity index (χ3v) is 4.95. The molecule has 0 aliphatic heterocycles. The third kappa shape index (κ3) is 2.27. The van der Waals surface area contributed by atoms with E-state index in [9.17, 15) is 4.39 Å². The molecule has 29 heavy (non-hydrogen) atoms. The van der Waals surface area contributed by atoms with Crippen molar-refractivity contribution in [1.29, 1.82) is 0 Å². The number of hydrogen-bond acceptors (Lipinski definition) is 5. The smallest absolute Gasteiger partial charge is 0.206 e. The summed E-state index contributed by atoms with van der Waals surface area (Å²) in [6.07, 6.45) is 1.36. The summed E-state index contributed by atoms with van der Waals surface area (Å²) in [5, 5.41) is 9.30. The second-order valence-electron chi connectivity index (χ2n) is 6.61. The van der Waals surface area contributed by atoms with Crippen LogP contribution in [0.15, 0.2) is 77.5 Å². The van der Waals surface area contributed by atoms with E-state index in [4.69, 9.17) is 4.42 Å². The molecule has 0 radical (unpaired) electrons. The second kappa shape index (κ2) is 5.93. The van der Waals surface area contributed by atoms with E-state index in [0.717, 1.165) is 11.1 Å². The molecule has 0 N–H and O–H groups in total. The molecular formula is C22H12FN5O. The number of imidazole rings is 1. The largest absolute Gasteiger partial charge is 0.455 e. The molecule has 0 amide bonds. The Morgan fingerprint density at radius 1 is 0.897 bits per heavy atom. The molecule has 0 spiro atoms. The molecule has 138 valence electrons. The zero-order valence-electron chi connectivity index (χ0n) is 15.0. The summed E-state index contributed by atoms with van der Waals surface area (Å²) in [6.45, 7) is 0. The number of benzene rings is 3.